The van der Waals surface area contributed by atoms with Gasteiger partial charge >= 0.3 is 12.2 Å². The van der Waals surface area contributed by atoms with Gasteiger partial charge in [-0.3, -0.25) is 0 Å². The van der Waals surface area contributed by atoms with Crippen LogP contribution in [0.3, 0.4) is 0 Å². The van der Waals surface area contributed by atoms with Crippen LogP contribution in [0.4, 0.5) is 17.6 Å². The van der Waals surface area contributed by atoms with E-state index >= 15 is 0 Å². The molecule has 0 heterocycles. The third-order valence-corrected chi connectivity index (χ3v) is 0.143. The van der Waals surface area contributed by atoms with Crippen LogP contribution in [-0.2, 0) is 0 Å². The lowest BCUT2D eigenvalue weighted by atomic mass is 11.1. The summed E-state index contributed by atoms with van der Waals surface area (Å²) in [7, 11) is 0. The number of hydrogen-bond donors (Lipinski definition) is 0. The van der Waals surface area contributed by atoms with E-state index in [-0.39, 0.29) is 48.0 Å². The number of halogens is 6. The first-order valence-electron chi connectivity index (χ1n) is 1.01. The first kappa shape index (κ1) is 16.0. The summed E-state index contributed by atoms with van der Waals surface area (Å²) >= 11 is 0. The Hall–Kier alpha value is 0.920. The van der Waals surface area contributed by atoms with Gasteiger partial charge in [-0.25, -0.2) is 0 Å². The van der Waals surface area contributed by atoms with Gasteiger partial charge < -0.3 is 0 Å². The van der Waals surface area contributed by atoms with Crippen LogP contribution in [0.15, 0.2) is 12.2 Å². The molecule has 0 nitrogen and oxygen atoms in total. The van der Waals surface area contributed by atoms with Crippen molar-refractivity contribution in [3.8, 4) is 0 Å². The zero-order valence-electron chi connectivity index (χ0n) is 3.33. The Kier molecular flexibility index (Phi) is 15.8. The first-order valence-corrected chi connectivity index (χ1v) is 1.01. The Bertz CT molecular complexity index is 62.1. The lowest BCUT2D eigenvalue weighted by Gasteiger charge is -1.69. The van der Waals surface area contributed by atoms with E-state index < -0.39 is 12.2 Å². The van der Waals surface area contributed by atoms with Crippen LogP contribution < -0.4 is 0 Å². The Morgan fingerprint density at radius 2 is 0.750 bits per heavy atom. The molecule has 52 valence electrons. The Morgan fingerprint density at radius 3 is 0.750 bits per heavy atom. The van der Waals surface area contributed by atoms with Gasteiger partial charge in [-0.05, 0) is 0 Å². The highest BCUT2D eigenvalue weighted by molar-refractivity contribution is 14.0. The maximum Gasteiger partial charge on any atom is 0.334 e. The van der Waals surface area contributed by atoms with Crippen LogP contribution in [0.2, 0.25) is 0 Å². The van der Waals surface area contributed by atoms with Gasteiger partial charge in [0.25, 0.3) is 0 Å². The molecule has 6 heteroatoms. The van der Waals surface area contributed by atoms with E-state index in [2.05, 4.69) is 0 Å². The lowest BCUT2D eigenvalue weighted by molar-refractivity contribution is 0.308. The minimum absolute atomic E-state index is 0. The zero-order chi connectivity index (χ0) is 5.15. The Morgan fingerprint density at radius 1 is 0.625 bits per heavy atom. The predicted molar refractivity (Wildman–Crippen MR) is 42.3 cm³/mol. The molecule has 0 aliphatic rings. The molecule has 8 heavy (non-hydrogen) atoms. The van der Waals surface area contributed by atoms with Crippen LogP contribution in [0.25, 0.3) is 0 Å². The Labute approximate surface area is 77.4 Å². The van der Waals surface area contributed by atoms with Gasteiger partial charge in [0.2, 0.25) is 0 Å². The van der Waals surface area contributed by atoms with E-state index in [4.69, 9.17) is 0 Å². The van der Waals surface area contributed by atoms with Crippen LogP contribution >= 0.6 is 48.0 Å². The summed E-state index contributed by atoms with van der Waals surface area (Å²) in [5.74, 6) is 0. The highest BCUT2D eigenvalue weighted by Crippen LogP contribution is 2.08. The molecule has 0 atom stereocenters. The average molecular weight is 356 g/mol. The van der Waals surface area contributed by atoms with Crippen molar-refractivity contribution < 1.29 is 17.6 Å². The van der Waals surface area contributed by atoms with Gasteiger partial charge in [0.05, 0.1) is 0 Å². The minimum atomic E-state index is -2.91. The fourth-order valence-electron chi connectivity index (χ4n) is 0. The van der Waals surface area contributed by atoms with Crippen LogP contribution in [0, 0.1) is 0 Å². The maximum atomic E-state index is 10.3. The normalized spacial score (nSPS) is 6.00. The van der Waals surface area contributed by atoms with E-state index in [1.165, 1.54) is 0 Å². The van der Waals surface area contributed by atoms with Crippen molar-refractivity contribution in [2.45, 2.75) is 0 Å². The summed E-state index contributed by atoms with van der Waals surface area (Å²) in [5, 5.41) is 0. The molecule has 0 fully saturated rings. The van der Waals surface area contributed by atoms with Crippen molar-refractivity contribution in [2.75, 3.05) is 0 Å². The van der Waals surface area contributed by atoms with Crippen molar-refractivity contribution in [3.05, 3.63) is 12.2 Å². The topological polar surface area (TPSA) is 0 Å². The molecule has 0 rings (SSSR count). The van der Waals surface area contributed by atoms with Gasteiger partial charge in [-0.15, -0.1) is 48.0 Å². The van der Waals surface area contributed by atoms with Gasteiger partial charge in [-0.2, -0.15) is 17.6 Å². The number of rotatable bonds is 0. The summed E-state index contributed by atoms with van der Waals surface area (Å²) in [5.41, 5.74) is 0. The second-order valence-electron chi connectivity index (χ2n) is 0.521. The van der Waals surface area contributed by atoms with Crippen molar-refractivity contribution in [2.24, 2.45) is 0 Å². The third-order valence-electron chi connectivity index (χ3n) is 0.143. The molecule has 0 aliphatic carbocycles. The summed E-state index contributed by atoms with van der Waals surface area (Å²) < 4.78 is 41.1. The fourth-order valence-corrected chi connectivity index (χ4v) is 0. The van der Waals surface area contributed by atoms with Gasteiger partial charge in [0.1, 0.15) is 0 Å². The van der Waals surface area contributed by atoms with Gasteiger partial charge in [0.15, 0.2) is 0 Å². The molecule has 0 N–H and O–H groups in total. The monoisotopic (exact) mass is 356 g/mol. The van der Waals surface area contributed by atoms with E-state index in [0.717, 1.165) is 0 Å². The van der Waals surface area contributed by atoms with Crippen LogP contribution in [-0.4, -0.2) is 0 Å². The molecule has 0 aromatic carbocycles. The zero-order valence-corrected chi connectivity index (χ0v) is 7.99. The maximum absolute atomic E-state index is 10.3. The van der Waals surface area contributed by atoms with Crippen molar-refractivity contribution in [1.29, 1.82) is 0 Å². The first-order chi connectivity index (χ1) is 2.64. The molecule has 0 radical (unpaired) electrons. The quantitative estimate of drug-likeness (QED) is 0.462. The van der Waals surface area contributed by atoms with Crippen molar-refractivity contribution in [1.82, 2.24) is 0 Å². The van der Waals surface area contributed by atoms with E-state index in [0.29, 0.717) is 0 Å². The lowest BCUT2D eigenvalue weighted by Crippen LogP contribution is -1.56. The molecular weight excluding hydrogens is 354 g/mol. The summed E-state index contributed by atoms with van der Waals surface area (Å²) in [6, 6.07) is 0. The molecule has 0 aliphatic heterocycles. The van der Waals surface area contributed by atoms with Crippen LogP contribution in [0.5, 0.6) is 0 Å². The van der Waals surface area contributed by atoms with E-state index in [1.807, 2.05) is 0 Å². The average Bonchev–Trinajstić information content (AvgIpc) is 1.36. The molecular formula is C2H2F4I2. The molecule has 0 aromatic rings. The molecule has 0 unspecified atom stereocenters. The largest absolute Gasteiger partial charge is 0.334 e. The predicted octanol–water partition coefficient (Wildman–Crippen LogP) is 3.23. The fraction of sp³-hybridized carbons (Fsp3) is 0. The highest BCUT2D eigenvalue weighted by Gasteiger charge is 1.98. The second kappa shape index (κ2) is 7.92. The molecule has 0 bridgehead atoms. The van der Waals surface area contributed by atoms with E-state index in [9.17, 15) is 17.6 Å². The Balaban J connectivity index is -0.000000125. The standard InChI is InChI=1S/C2F4.2HI/c3-1(4)2(5)6;;/h;2*1H. The number of hydrogen-bond acceptors (Lipinski definition) is 0. The summed E-state index contributed by atoms with van der Waals surface area (Å²) in [6.45, 7) is 0. The highest BCUT2D eigenvalue weighted by atomic mass is 127. The minimum Gasteiger partial charge on any atom is -0.167 e. The molecule has 0 saturated carbocycles. The smallest absolute Gasteiger partial charge is 0.167 e. The second-order valence-corrected chi connectivity index (χ2v) is 0.521. The molecule has 0 aromatic heterocycles. The molecule has 0 amide bonds. The molecule has 0 spiro atoms. The summed E-state index contributed by atoms with van der Waals surface area (Å²) in [6.07, 6.45) is -5.81. The third kappa shape index (κ3) is 10.0. The van der Waals surface area contributed by atoms with Crippen molar-refractivity contribution in [3.63, 3.8) is 0 Å². The molecule has 0 saturated heterocycles. The van der Waals surface area contributed by atoms with E-state index in [1.54, 1.807) is 0 Å². The van der Waals surface area contributed by atoms with Crippen molar-refractivity contribution >= 4 is 48.0 Å². The van der Waals surface area contributed by atoms with Gasteiger partial charge in [-0.1, -0.05) is 0 Å². The van der Waals surface area contributed by atoms with Crippen LogP contribution in [0.1, 0.15) is 0 Å². The SMILES string of the molecule is FC(F)=C(F)F.I.I. The van der Waals surface area contributed by atoms with Gasteiger partial charge in [0, 0.05) is 0 Å². The summed E-state index contributed by atoms with van der Waals surface area (Å²) in [4.78, 5) is 0.